The highest BCUT2D eigenvalue weighted by molar-refractivity contribution is 6.31. The molecule has 0 aromatic heterocycles. The van der Waals surface area contributed by atoms with Crippen molar-refractivity contribution in [1.29, 1.82) is 0 Å². The van der Waals surface area contributed by atoms with Crippen LogP contribution in [0, 0.1) is 5.92 Å². The van der Waals surface area contributed by atoms with Crippen LogP contribution in [0.5, 0.6) is 0 Å². The van der Waals surface area contributed by atoms with Gasteiger partial charge in [-0.25, -0.2) is 0 Å². The first-order valence-electron chi connectivity index (χ1n) is 6.65. The number of rotatable bonds is 6. The first kappa shape index (κ1) is 14.2. The Kier molecular flexibility index (Phi) is 4.66. The monoisotopic (exact) mass is 281 g/mol. The largest absolute Gasteiger partial charge is 0.397 e. The third kappa shape index (κ3) is 4.40. The molecule has 2 rings (SSSR count). The van der Waals surface area contributed by atoms with Crippen molar-refractivity contribution >= 4 is 28.9 Å². The number of halogens is 1. The van der Waals surface area contributed by atoms with Gasteiger partial charge in [0.15, 0.2) is 0 Å². The molecule has 0 radical (unpaired) electrons. The maximum atomic E-state index is 12.0. The number of benzene rings is 1. The zero-order valence-corrected chi connectivity index (χ0v) is 11.9. The van der Waals surface area contributed by atoms with Gasteiger partial charge in [-0.15, -0.1) is 0 Å². The summed E-state index contributed by atoms with van der Waals surface area (Å²) >= 11 is 5.82. The fraction of sp³-hybridized carbons (Fsp3) is 0.500. The van der Waals surface area contributed by atoms with Crippen molar-refractivity contribution in [3.8, 4) is 0 Å². The topological polar surface area (TPSA) is 58.4 Å². The summed E-state index contributed by atoms with van der Waals surface area (Å²) in [5.41, 5.74) is 6.92. The molecule has 1 aliphatic carbocycles. The standard InChI is InChI=1S/C14H20ClN3O/c1-2-18(8-10-3-4-10)9-14(19)17-13-6-5-11(15)7-12(13)16/h5-7,10H,2-4,8-9,16H2,1H3,(H,17,19). The number of carbonyl (C=O) groups is 1. The average Bonchev–Trinajstić information content (AvgIpc) is 3.16. The first-order valence-corrected chi connectivity index (χ1v) is 7.03. The van der Waals surface area contributed by atoms with E-state index in [1.165, 1.54) is 12.8 Å². The summed E-state index contributed by atoms with van der Waals surface area (Å²) in [6.45, 7) is 4.39. The molecule has 0 heterocycles. The number of nitrogens with one attached hydrogen (secondary N) is 1. The lowest BCUT2D eigenvalue weighted by Gasteiger charge is -2.19. The summed E-state index contributed by atoms with van der Waals surface area (Å²) < 4.78 is 0. The number of amides is 1. The van der Waals surface area contributed by atoms with Crippen LogP contribution in [-0.4, -0.2) is 30.4 Å². The summed E-state index contributed by atoms with van der Waals surface area (Å²) in [6.07, 6.45) is 2.59. The highest BCUT2D eigenvalue weighted by Gasteiger charge is 2.24. The van der Waals surface area contributed by atoms with Crippen LogP contribution in [0.2, 0.25) is 5.02 Å². The molecule has 0 saturated heterocycles. The van der Waals surface area contributed by atoms with Crippen LogP contribution in [0.15, 0.2) is 18.2 Å². The number of nitrogens with two attached hydrogens (primary N) is 1. The third-order valence-electron chi connectivity index (χ3n) is 3.32. The molecule has 3 N–H and O–H groups in total. The van der Waals surface area contributed by atoms with E-state index >= 15 is 0 Å². The first-order chi connectivity index (χ1) is 9.08. The molecule has 0 atom stereocenters. The van der Waals surface area contributed by atoms with E-state index in [2.05, 4.69) is 17.1 Å². The van der Waals surface area contributed by atoms with E-state index in [4.69, 9.17) is 17.3 Å². The van der Waals surface area contributed by atoms with Crippen molar-refractivity contribution in [2.75, 3.05) is 30.7 Å². The van der Waals surface area contributed by atoms with Gasteiger partial charge >= 0.3 is 0 Å². The maximum absolute atomic E-state index is 12.0. The van der Waals surface area contributed by atoms with Crippen LogP contribution in [0.1, 0.15) is 19.8 Å². The second kappa shape index (κ2) is 6.26. The molecule has 0 aliphatic heterocycles. The highest BCUT2D eigenvalue weighted by Crippen LogP contribution is 2.29. The molecule has 0 unspecified atom stereocenters. The van der Waals surface area contributed by atoms with E-state index in [0.29, 0.717) is 22.9 Å². The van der Waals surface area contributed by atoms with E-state index in [1.807, 2.05) is 0 Å². The van der Waals surface area contributed by atoms with Gasteiger partial charge in [-0.05, 0) is 43.5 Å². The number of carbonyl (C=O) groups excluding carboxylic acids is 1. The lowest BCUT2D eigenvalue weighted by atomic mass is 10.2. The van der Waals surface area contributed by atoms with Gasteiger partial charge in [-0.2, -0.15) is 0 Å². The van der Waals surface area contributed by atoms with Crippen LogP contribution < -0.4 is 11.1 Å². The number of likely N-dealkylation sites (N-methyl/N-ethyl adjacent to an activating group) is 1. The Morgan fingerprint density at radius 3 is 2.84 bits per heavy atom. The Labute approximate surface area is 118 Å². The molecule has 4 nitrogen and oxygen atoms in total. The number of hydrogen-bond acceptors (Lipinski definition) is 3. The fourth-order valence-corrected chi connectivity index (χ4v) is 2.19. The second-order valence-corrected chi connectivity index (χ2v) is 5.49. The number of hydrogen-bond donors (Lipinski definition) is 2. The molecule has 19 heavy (non-hydrogen) atoms. The lowest BCUT2D eigenvalue weighted by molar-refractivity contribution is -0.117. The summed E-state index contributed by atoms with van der Waals surface area (Å²) in [6, 6.07) is 5.08. The lowest BCUT2D eigenvalue weighted by Crippen LogP contribution is -2.34. The molecule has 1 aromatic rings. The SMILES string of the molecule is CCN(CC(=O)Nc1ccc(Cl)cc1N)CC1CC1. The average molecular weight is 282 g/mol. The highest BCUT2D eigenvalue weighted by atomic mass is 35.5. The smallest absolute Gasteiger partial charge is 0.238 e. The molecule has 0 spiro atoms. The number of anilines is 2. The van der Waals surface area contributed by atoms with E-state index in [1.54, 1.807) is 18.2 Å². The van der Waals surface area contributed by atoms with Crippen molar-refractivity contribution in [2.45, 2.75) is 19.8 Å². The minimum Gasteiger partial charge on any atom is -0.397 e. The Bertz CT molecular complexity index is 460. The van der Waals surface area contributed by atoms with E-state index < -0.39 is 0 Å². The molecule has 1 saturated carbocycles. The van der Waals surface area contributed by atoms with Crippen molar-refractivity contribution in [1.82, 2.24) is 4.90 Å². The maximum Gasteiger partial charge on any atom is 0.238 e. The third-order valence-corrected chi connectivity index (χ3v) is 3.55. The Balaban J connectivity index is 1.88. The van der Waals surface area contributed by atoms with Crippen molar-refractivity contribution in [2.24, 2.45) is 5.92 Å². The molecular weight excluding hydrogens is 262 g/mol. The molecule has 1 aromatic carbocycles. The quantitative estimate of drug-likeness (QED) is 0.788. The van der Waals surface area contributed by atoms with Gasteiger partial charge in [0.1, 0.15) is 0 Å². The van der Waals surface area contributed by atoms with Crippen molar-refractivity contribution in [3.63, 3.8) is 0 Å². The van der Waals surface area contributed by atoms with Crippen molar-refractivity contribution in [3.05, 3.63) is 23.2 Å². The van der Waals surface area contributed by atoms with Crippen molar-refractivity contribution < 1.29 is 4.79 Å². The van der Waals surface area contributed by atoms with Gasteiger partial charge in [0.05, 0.1) is 17.9 Å². The minimum atomic E-state index is -0.0310. The Morgan fingerprint density at radius 2 is 2.26 bits per heavy atom. The molecule has 1 aliphatic rings. The van der Waals surface area contributed by atoms with E-state index in [-0.39, 0.29) is 5.91 Å². The zero-order valence-electron chi connectivity index (χ0n) is 11.2. The van der Waals surface area contributed by atoms with Gasteiger partial charge in [-0.1, -0.05) is 18.5 Å². The minimum absolute atomic E-state index is 0.0310. The Hall–Kier alpha value is -1.26. The molecule has 1 amide bonds. The molecule has 1 fully saturated rings. The van der Waals surface area contributed by atoms with Gasteiger partial charge in [0, 0.05) is 11.6 Å². The fourth-order valence-electron chi connectivity index (χ4n) is 2.01. The van der Waals surface area contributed by atoms with Crippen LogP contribution in [-0.2, 0) is 4.79 Å². The summed E-state index contributed by atoms with van der Waals surface area (Å²) in [4.78, 5) is 14.1. The van der Waals surface area contributed by atoms with Crippen LogP contribution in [0.25, 0.3) is 0 Å². The van der Waals surface area contributed by atoms with Gasteiger partial charge in [-0.3, -0.25) is 9.69 Å². The zero-order chi connectivity index (χ0) is 13.8. The van der Waals surface area contributed by atoms with Gasteiger partial charge in [0.2, 0.25) is 5.91 Å². The molecule has 104 valence electrons. The van der Waals surface area contributed by atoms with E-state index in [0.717, 1.165) is 19.0 Å². The van der Waals surface area contributed by atoms with Gasteiger partial charge < -0.3 is 11.1 Å². The van der Waals surface area contributed by atoms with Crippen LogP contribution in [0.4, 0.5) is 11.4 Å². The van der Waals surface area contributed by atoms with Crippen LogP contribution >= 0.6 is 11.6 Å². The predicted octanol–water partition coefficient (Wildman–Crippen LogP) is 2.59. The summed E-state index contributed by atoms with van der Waals surface area (Å²) in [7, 11) is 0. The number of nitrogen functional groups attached to an aromatic ring is 1. The predicted molar refractivity (Wildman–Crippen MR) is 79.3 cm³/mol. The summed E-state index contributed by atoms with van der Waals surface area (Å²) in [5, 5.41) is 3.40. The number of nitrogens with zero attached hydrogens (tertiary/aromatic N) is 1. The molecule has 5 heteroatoms. The molecular formula is C14H20ClN3O. The van der Waals surface area contributed by atoms with E-state index in [9.17, 15) is 4.79 Å². The molecule has 0 bridgehead atoms. The second-order valence-electron chi connectivity index (χ2n) is 5.05. The Morgan fingerprint density at radius 1 is 1.53 bits per heavy atom. The normalized spacial score (nSPS) is 14.7. The summed E-state index contributed by atoms with van der Waals surface area (Å²) in [5.74, 6) is 0.755. The van der Waals surface area contributed by atoms with Gasteiger partial charge in [0.25, 0.3) is 0 Å². The van der Waals surface area contributed by atoms with Crippen LogP contribution in [0.3, 0.4) is 0 Å².